The van der Waals surface area contributed by atoms with Crippen LogP contribution in [0.25, 0.3) is 0 Å². The van der Waals surface area contributed by atoms with E-state index in [0.29, 0.717) is 24.1 Å². The van der Waals surface area contributed by atoms with Crippen LogP contribution in [0.2, 0.25) is 0 Å². The predicted molar refractivity (Wildman–Crippen MR) is 67.7 cm³/mol. The van der Waals surface area contributed by atoms with E-state index in [-0.39, 0.29) is 0 Å². The highest BCUT2D eigenvalue weighted by molar-refractivity contribution is 5.47. The van der Waals surface area contributed by atoms with Gasteiger partial charge in [-0.05, 0) is 37.8 Å². The lowest BCUT2D eigenvalue weighted by atomic mass is 10.1. The molecule has 4 nitrogen and oxygen atoms in total. The summed E-state index contributed by atoms with van der Waals surface area (Å²) in [6.07, 6.45) is 2.51. The molecule has 0 saturated heterocycles. The Balaban J connectivity index is 2.26. The van der Waals surface area contributed by atoms with Gasteiger partial charge in [-0.2, -0.15) is 5.26 Å². The zero-order chi connectivity index (χ0) is 12.4. The first-order chi connectivity index (χ1) is 8.15. The molecule has 1 saturated carbocycles. The molecule has 1 aliphatic rings. The predicted octanol–water partition coefficient (Wildman–Crippen LogP) is 1.44. The number of aromatic nitrogens is 1. The molecule has 2 N–H and O–H groups in total. The van der Waals surface area contributed by atoms with E-state index in [2.05, 4.69) is 16.0 Å². The zero-order valence-electron chi connectivity index (χ0n) is 10.3. The molecule has 1 aromatic heterocycles. The number of likely N-dealkylation sites (N-methyl/N-ethyl adjacent to an activating group) is 1. The van der Waals surface area contributed by atoms with Gasteiger partial charge in [0.25, 0.3) is 0 Å². The Hall–Kier alpha value is -1.60. The van der Waals surface area contributed by atoms with Crippen LogP contribution < -0.4 is 10.6 Å². The Bertz CT molecular complexity index is 445. The number of rotatable bonds is 4. The second kappa shape index (κ2) is 4.72. The number of nitrogens with two attached hydrogens (primary N) is 1. The van der Waals surface area contributed by atoms with Crippen molar-refractivity contribution in [1.29, 1.82) is 5.26 Å². The summed E-state index contributed by atoms with van der Waals surface area (Å²) in [5.74, 6) is 1.54. The van der Waals surface area contributed by atoms with Crippen molar-refractivity contribution in [1.82, 2.24) is 4.98 Å². The van der Waals surface area contributed by atoms with Gasteiger partial charge in [0.05, 0.1) is 11.6 Å². The minimum absolute atomic E-state index is 0.343. The van der Waals surface area contributed by atoms with E-state index < -0.39 is 0 Å². The van der Waals surface area contributed by atoms with Crippen molar-refractivity contribution < 1.29 is 0 Å². The Morgan fingerprint density at radius 1 is 1.59 bits per heavy atom. The van der Waals surface area contributed by atoms with E-state index in [9.17, 15) is 0 Å². The van der Waals surface area contributed by atoms with E-state index in [1.54, 1.807) is 6.07 Å². The first-order valence-electron chi connectivity index (χ1n) is 5.97. The molecule has 0 amide bonds. The molecule has 90 valence electrons. The summed E-state index contributed by atoms with van der Waals surface area (Å²) in [5.41, 5.74) is 7.36. The Labute approximate surface area is 102 Å². The number of pyridine rings is 1. The maximum atomic E-state index is 8.96. The maximum absolute atomic E-state index is 8.96. The van der Waals surface area contributed by atoms with E-state index >= 15 is 0 Å². The van der Waals surface area contributed by atoms with Crippen LogP contribution in [0.15, 0.2) is 12.1 Å². The van der Waals surface area contributed by atoms with Crippen molar-refractivity contribution in [3.63, 3.8) is 0 Å². The molecule has 0 spiro atoms. The molecule has 0 aromatic carbocycles. The molecule has 2 rings (SSSR count). The van der Waals surface area contributed by atoms with Gasteiger partial charge < -0.3 is 10.6 Å². The number of nitriles is 1. The first-order valence-corrected chi connectivity index (χ1v) is 5.97. The highest BCUT2D eigenvalue weighted by atomic mass is 15.2. The van der Waals surface area contributed by atoms with Crippen LogP contribution in [0.5, 0.6) is 0 Å². The van der Waals surface area contributed by atoms with E-state index in [4.69, 9.17) is 11.0 Å². The van der Waals surface area contributed by atoms with E-state index in [0.717, 1.165) is 11.5 Å². The lowest BCUT2D eigenvalue weighted by Gasteiger charge is -2.28. The summed E-state index contributed by atoms with van der Waals surface area (Å²) in [6.45, 7) is 2.55. The molecule has 1 heterocycles. The molecular formula is C13H18N4. The third-order valence-electron chi connectivity index (χ3n) is 3.34. The Morgan fingerprint density at radius 3 is 2.82 bits per heavy atom. The summed E-state index contributed by atoms with van der Waals surface area (Å²) < 4.78 is 0. The normalized spacial score (nSPS) is 16.4. The molecule has 0 aliphatic heterocycles. The van der Waals surface area contributed by atoms with Crippen LogP contribution in [-0.4, -0.2) is 24.6 Å². The van der Waals surface area contributed by atoms with Crippen LogP contribution in [0, 0.1) is 24.2 Å². The van der Waals surface area contributed by atoms with Gasteiger partial charge in [-0.1, -0.05) is 0 Å². The van der Waals surface area contributed by atoms with Gasteiger partial charge >= 0.3 is 0 Å². The molecule has 1 unspecified atom stereocenters. The van der Waals surface area contributed by atoms with Gasteiger partial charge in [-0.3, -0.25) is 0 Å². The molecule has 0 bridgehead atoms. The highest BCUT2D eigenvalue weighted by Gasteiger charge is 2.33. The maximum Gasteiger partial charge on any atom is 0.130 e. The van der Waals surface area contributed by atoms with Crippen molar-refractivity contribution in [2.75, 3.05) is 18.5 Å². The van der Waals surface area contributed by atoms with Crippen molar-refractivity contribution in [2.24, 2.45) is 11.7 Å². The lowest BCUT2D eigenvalue weighted by Crippen LogP contribution is -2.40. The molecule has 0 radical (unpaired) electrons. The minimum atomic E-state index is 0.343. The third kappa shape index (κ3) is 2.56. The van der Waals surface area contributed by atoms with Crippen LogP contribution in [0.4, 0.5) is 5.82 Å². The van der Waals surface area contributed by atoms with Gasteiger partial charge in [-0.15, -0.1) is 0 Å². The second-order valence-electron chi connectivity index (χ2n) is 4.72. The molecule has 1 aliphatic carbocycles. The van der Waals surface area contributed by atoms with E-state index in [1.165, 1.54) is 12.8 Å². The fourth-order valence-corrected chi connectivity index (χ4v) is 2.21. The topological polar surface area (TPSA) is 65.9 Å². The summed E-state index contributed by atoms with van der Waals surface area (Å²) in [7, 11) is 2.01. The van der Waals surface area contributed by atoms with Gasteiger partial charge in [0.2, 0.25) is 0 Å². The first kappa shape index (κ1) is 11.9. The number of anilines is 1. The number of aryl methyl sites for hydroxylation is 1. The van der Waals surface area contributed by atoms with Gasteiger partial charge in [0, 0.05) is 25.3 Å². The second-order valence-corrected chi connectivity index (χ2v) is 4.72. The molecule has 1 atom stereocenters. The molecule has 4 heteroatoms. The van der Waals surface area contributed by atoms with E-state index in [1.807, 2.05) is 20.0 Å². The molecule has 17 heavy (non-hydrogen) atoms. The van der Waals surface area contributed by atoms with Gasteiger partial charge in [-0.25, -0.2) is 4.98 Å². The quantitative estimate of drug-likeness (QED) is 0.850. The number of nitrogens with zero attached hydrogens (tertiary/aromatic N) is 3. The fourth-order valence-electron chi connectivity index (χ4n) is 2.21. The average Bonchev–Trinajstić information content (AvgIpc) is 3.13. The van der Waals surface area contributed by atoms with Gasteiger partial charge in [0.1, 0.15) is 5.82 Å². The lowest BCUT2D eigenvalue weighted by molar-refractivity contribution is 0.566. The fraction of sp³-hybridized carbons (Fsp3) is 0.538. The molecule has 1 fully saturated rings. The highest BCUT2D eigenvalue weighted by Crippen LogP contribution is 2.35. The molecular weight excluding hydrogens is 212 g/mol. The van der Waals surface area contributed by atoms with Crippen molar-refractivity contribution in [3.05, 3.63) is 23.4 Å². The van der Waals surface area contributed by atoms with Crippen LogP contribution in [0.1, 0.15) is 24.1 Å². The number of hydrogen-bond acceptors (Lipinski definition) is 4. The minimum Gasteiger partial charge on any atom is -0.355 e. The summed E-state index contributed by atoms with van der Waals surface area (Å²) in [5, 5.41) is 8.96. The summed E-state index contributed by atoms with van der Waals surface area (Å²) >= 11 is 0. The summed E-state index contributed by atoms with van der Waals surface area (Å²) in [4.78, 5) is 6.60. The standard InChI is InChI=1S/C13H18N4/c1-9-5-10(7-14)6-13(16-9)17(2)12(8-15)11-3-4-11/h5-6,11-12H,3-4,8,15H2,1-2H3. The van der Waals surface area contributed by atoms with Crippen LogP contribution in [0.3, 0.4) is 0 Å². The third-order valence-corrected chi connectivity index (χ3v) is 3.34. The summed E-state index contributed by atoms with van der Waals surface area (Å²) in [6, 6.07) is 6.14. The largest absolute Gasteiger partial charge is 0.355 e. The van der Waals surface area contributed by atoms with Crippen molar-refractivity contribution >= 4 is 5.82 Å². The SMILES string of the molecule is Cc1cc(C#N)cc(N(C)C(CN)C2CC2)n1. The van der Waals surface area contributed by atoms with Crippen molar-refractivity contribution in [3.8, 4) is 6.07 Å². The number of hydrogen-bond donors (Lipinski definition) is 1. The Morgan fingerprint density at radius 2 is 2.29 bits per heavy atom. The molecule has 1 aromatic rings. The smallest absolute Gasteiger partial charge is 0.130 e. The van der Waals surface area contributed by atoms with Crippen LogP contribution in [-0.2, 0) is 0 Å². The Kier molecular flexibility index (Phi) is 3.30. The van der Waals surface area contributed by atoms with Gasteiger partial charge in [0.15, 0.2) is 0 Å². The monoisotopic (exact) mass is 230 g/mol. The zero-order valence-corrected chi connectivity index (χ0v) is 10.3. The van der Waals surface area contributed by atoms with Crippen LogP contribution >= 0.6 is 0 Å². The van der Waals surface area contributed by atoms with Crippen molar-refractivity contribution in [2.45, 2.75) is 25.8 Å². The average molecular weight is 230 g/mol.